The molecule has 0 aromatic carbocycles. The molecule has 2 heterocycles. The largest absolute Gasteiger partial charge is 0.379 e. The second-order valence-electron chi connectivity index (χ2n) is 3.99. The second-order valence-corrected chi connectivity index (χ2v) is 3.99. The van der Waals surface area contributed by atoms with Crippen LogP contribution in [0.5, 0.6) is 0 Å². The minimum atomic E-state index is 0.266. The van der Waals surface area contributed by atoms with Gasteiger partial charge in [0, 0.05) is 45.9 Å². The lowest BCUT2D eigenvalue weighted by Gasteiger charge is -2.40. The van der Waals surface area contributed by atoms with Gasteiger partial charge in [0.2, 0.25) is 0 Å². The van der Waals surface area contributed by atoms with E-state index in [9.17, 15) is 0 Å². The highest BCUT2D eigenvalue weighted by molar-refractivity contribution is 4.85. The topological polar surface area (TPSA) is 33.7 Å². The van der Waals surface area contributed by atoms with Crippen LogP contribution in [0.2, 0.25) is 0 Å². The Balaban J connectivity index is 1.91. The van der Waals surface area contributed by atoms with Crippen molar-refractivity contribution in [2.75, 3.05) is 46.5 Å². The molecule has 2 aliphatic heterocycles. The van der Waals surface area contributed by atoms with Gasteiger partial charge in [-0.1, -0.05) is 0 Å². The van der Waals surface area contributed by atoms with Crippen molar-refractivity contribution in [1.82, 2.24) is 10.2 Å². The molecule has 2 saturated heterocycles. The Kier molecular flexibility index (Phi) is 3.75. The Morgan fingerprint density at radius 3 is 2.86 bits per heavy atom. The second kappa shape index (κ2) is 5.07. The van der Waals surface area contributed by atoms with Crippen LogP contribution in [-0.2, 0) is 9.47 Å². The summed E-state index contributed by atoms with van der Waals surface area (Å²) in [6.07, 6.45) is 1.38. The molecule has 0 aliphatic carbocycles. The van der Waals surface area contributed by atoms with Crippen LogP contribution < -0.4 is 5.32 Å². The summed E-state index contributed by atoms with van der Waals surface area (Å²) >= 11 is 0. The first-order chi connectivity index (χ1) is 6.92. The predicted molar refractivity (Wildman–Crippen MR) is 54.5 cm³/mol. The van der Waals surface area contributed by atoms with Gasteiger partial charge >= 0.3 is 0 Å². The molecule has 14 heavy (non-hydrogen) atoms. The van der Waals surface area contributed by atoms with Gasteiger partial charge in [-0.2, -0.15) is 0 Å². The molecule has 0 radical (unpaired) electrons. The van der Waals surface area contributed by atoms with Gasteiger partial charge in [-0.05, 0) is 6.42 Å². The van der Waals surface area contributed by atoms with Crippen molar-refractivity contribution in [2.24, 2.45) is 0 Å². The summed E-state index contributed by atoms with van der Waals surface area (Å²) in [6, 6.07) is 0.566. The number of piperazine rings is 1. The average molecular weight is 200 g/mol. The third kappa shape index (κ3) is 2.25. The van der Waals surface area contributed by atoms with Gasteiger partial charge in [0.15, 0.2) is 0 Å². The molecule has 0 bridgehead atoms. The fourth-order valence-electron chi connectivity index (χ4n) is 2.36. The number of hydrogen-bond donors (Lipinski definition) is 1. The molecular weight excluding hydrogens is 180 g/mol. The van der Waals surface area contributed by atoms with Crippen LogP contribution in [0.1, 0.15) is 6.42 Å². The van der Waals surface area contributed by atoms with E-state index in [0.29, 0.717) is 6.04 Å². The van der Waals surface area contributed by atoms with Crippen molar-refractivity contribution >= 4 is 0 Å². The van der Waals surface area contributed by atoms with Crippen molar-refractivity contribution in [2.45, 2.75) is 18.6 Å². The molecule has 0 saturated carbocycles. The van der Waals surface area contributed by atoms with Crippen LogP contribution >= 0.6 is 0 Å². The van der Waals surface area contributed by atoms with E-state index in [1.165, 1.54) is 0 Å². The summed E-state index contributed by atoms with van der Waals surface area (Å²) in [5.41, 5.74) is 0. The van der Waals surface area contributed by atoms with Crippen molar-refractivity contribution in [3.63, 3.8) is 0 Å². The lowest BCUT2D eigenvalue weighted by atomic mass is 10.0. The third-order valence-electron chi connectivity index (χ3n) is 3.19. The van der Waals surface area contributed by atoms with Crippen LogP contribution in [0.3, 0.4) is 0 Å². The maximum absolute atomic E-state index is 5.47. The summed E-state index contributed by atoms with van der Waals surface area (Å²) in [5, 5.41) is 3.37. The quantitative estimate of drug-likeness (QED) is 0.663. The molecule has 4 heteroatoms. The average Bonchev–Trinajstić information content (AvgIpc) is 2.30. The molecular formula is C10H20N2O2. The monoisotopic (exact) mass is 200 g/mol. The van der Waals surface area contributed by atoms with Gasteiger partial charge < -0.3 is 14.8 Å². The van der Waals surface area contributed by atoms with Crippen LogP contribution in [0.15, 0.2) is 0 Å². The number of methoxy groups -OCH3 is 1. The summed E-state index contributed by atoms with van der Waals surface area (Å²) in [6.45, 7) is 6.14. The van der Waals surface area contributed by atoms with Crippen molar-refractivity contribution in [3.05, 3.63) is 0 Å². The highest BCUT2D eigenvalue weighted by atomic mass is 16.5. The van der Waals surface area contributed by atoms with Crippen molar-refractivity contribution < 1.29 is 9.47 Å². The number of rotatable bonds is 2. The molecule has 2 fully saturated rings. The first kappa shape index (κ1) is 10.4. The molecule has 0 amide bonds. The molecule has 2 rings (SSSR count). The standard InChI is InChI=1S/C10H20N2O2/c1-13-10-8-14-7-2-9(10)12-5-3-11-4-6-12/h9-11H,2-8H2,1H3/t9-,10+/m0/s1. The van der Waals surface area contributed by atoms with Crippen LogP contribution in [0, 0.1) is 0 Å². The van der Waals surface area contributed by atoms with Gasteiger partial charge in [0.1, 0.15) is 0 Å². The Labute approximate surface area is 85.5 Å². The smallest absolute Gasteiger partial charge is 0.0960 e. The van der Waals surface area contributed by atoms with E-state index in [1.807, 2.05) is 0 Å². The predicted octanol–water partition coefficient (Wildman–Crippen LogP) is -0.304. The first-order valence-electron chi connectivity index (χ1n) is 5.47. The van der Waals surface area contributed by atoms with E-state index in [-0.39, 0.29) is 6.10 Å². The van der Waals surface area contributed by atoms with E-state index in [1.54, 1.807) is 7.11 Å². The third-order valence-corrected chi connectivity index (χ3v) is 3.19. The molecule has 1 N–H and O–H groups in total. The molecule has 0 spiro atoms. The van der Waals surface area contributed by atoms with E-state index in [0.717, 1.165) is 45.8 Å². The van der Waals surface area contributed by atoms with Gasteiger partial charge in [-0.25, -0.2) is 0 Å². The SMILES string of the molecule is CO[C@@H]1COCC[C@@H]1N1CCNCC1. The van der Waals surface area contributed by atoms with E-state index in [4.69, 9.17) is 9.47 Å². The van der Waals surface area contributed by atoms with Gasteiger partial charge in [0.25, 0.3) is 0 Å². The fourth-order valence-corrected chi connectivity index (χ4v) is 2.36. The molecule has 0 aromatic heterocycles. The van der Waals surface area contributed by atoms with Crippen LogP contribution in [0.4, 0.5) is 0 Å². The first-order valence-corrected chi connectivity index (χ1v) is 5.47. The number of ether oxygens (including phenoxy) is 2. The van der Waals surface area contributed by atoms with E-state index >= 15 is 0 Å². The lowest BCUT2D eigenvalue weighted by Crippen LogP contribution is -2.55. The normalized spacial score (nSPS) is 35.8. The van der Waals surface area contributed by atoms with Gasteiger partial charge in [-0.3, -0.25) is 4.90 Å². The number of hydrogen-bond acceptors (Lipinski definition) is 4. The van der Waals surface area contributed by atoms with Crippen molar-refractivity contribution in [1.29, 1.82) is 0 Å². The highest BCUT2D eigenvalue weighted by Gasteiger charge is 2.31. The van der Waals surface area contributed by atoms with E-state index in [2.05, 4.69) is 10.2 Å². The maximum atomic E-state index is 5.47. The zero-order chi connectivity index (χ0) is 9.80. The molecule has 2 aliphatic rings. The molecule has 0 aromatic rings. The zero-order valence-electron chi connectivity index (χ0n) is 8.87. The molecule has 82 valence electrons. The van der Waals surface area contributed by atoms with Crippen LogP contribution in [-0.4, -0.2) is 63.5 Å². The minimum absolute atomic E-state index is 0.266. The molecule has 2 atom stereocenters. The molecule has 4 nitrogen and oxygen atoms in total. The Bertz CT molecular complexity index is 172. The molecule has 0 unspecified atom stereocenters. The maximum Gasteiger partial charge on any atom is 0.0960 e. The lowest BCUT2D eigenvalue weighted by molar-refractivity contribution is -0.0846. The number of nitrogens with zero attached hydrogens (tertiary/aromatic N) is 1. The number of nitrogens with one attached hydrogen (secondary N) is 1. The van der Waals surface area contributed by atoms with Crippen molar-refractivity contribution in [3.8, 4) is 0 Å². The Hall–Kier alpha value is -0.160. The Morgan fingerprint density at radius 2 is 2.14 bits per heavy atom. The zero-order valence-corrected chi connectivity index (χ0v) is 8.87. The van der Waals surface area contributed by atoms with Crippen LogP contribution in [0.25, 0.3) is 0 Å². The van der Waals surface area contributed by atoms with Gasteiger partial charge in [-0.15, -0.1) is 0 Å². The summed E-state index contributed by atoms with van der Waals surface area (Å²) in [7, 11) is 1.79. The highest BCUT2D eigenvalue weighted by Crippen LogP contribution is 2.17. The Morgan fingerprint density at radius 1 is 1.36 bits per heavy atom. The summed E-state index contributed by atoms with van der Waals surface area (Å²) in [4.78, 5) is 2.53. The summed E-state index contributed by atoms with van der Waals surface area (Å²) < 4.78 is 10.9. The van der Waals surface area contributed by atoms with E-state index < -0.39 is 0 Å². The minimum Gasteiger partial charge on any atom is -0.379 e. The summed E-state index contributed by atoms with van der Waals surface area (Å²) in [5.74, 6) is 0. The van der Waals surface area contributed by atoms with Gasteiger partial charge in [0.05, 0.1) is 12.7 Å². The fraction of sp³-hybridized carbons (Fsp3) is 1.00.